The van der Waals surface area contributed by atoms with Crippen LogP contribution in [0.5, 0.6) is 0 Å². The van der Waals surface area contributed by atoms with Gasteiger partial charge in [-0.15, -0.1) is 0 Å². The molecule has 0 aromatic carbocycles. The molecular weight excluding hydrogens is 176 g/mol. The van der Waals surface area contributed by atoms with E-state index in [4.69, 9.17) is 10.8 Å². The molecule has 0 spiro atoms. The van der Waals surface area contributed by atoms with E-state index in [1.54, 1.807) is 0 Å². The second-order valence-corrected chi connectivity index (χ2v) is 4.56. The lowest BCUT2D eigenvalue weighted by molar-refractivity contribution is 0.0662. The van der Waals surface area contributed by atoms with Crippen molar-refractivity contribution in [3.63, 3.8) is 0 Å². The molecule has 84 valence electrons. The highest BCUT2D eigenvalue weighted by Crippen LogP contribution is 2.21. The Bertz CT molecular complexity index is 155. The molecule has 0 radical (unpaired) electrons. The molecule has 0 bridgehead atoms. The van der Waals surface area contributed by atoms with E-state index in [0.717, 1.165) is 32.4 Å². The fourth-order valence-corrected chi connectivity index (χ4v) is 2.03. The van der Waals surface area contributed by atoms with Crippen LogP contribution in [0.1, 0.15) is 39.0 Å². The Hall–Kier alpha value is -0.120. The maximum absolute atomic E-state index is 8.61. The van der Waals surface area contributed by atoms with Crippen molar-refractivity contribution in [3.8, 4) is 0 Å². The van der Waals surface area contributed by atoms with Gasteiger partial charge < -0.3 is 10.8 Å². The summed E-state index contributed by atoms with van der Waals surface area (Å²) in [5, 5.41) is 8.61. The predicted octanol–water partition coefficient (Wildman–Crippen LogP) is 0.962. The molecule has 0 atom stereocenters. The van der Waals surface area contributed by atoms with Crippen LogP contribution in [0.25, 0.3) is 0 Å². The second-order valence-electron chi connectivity index (χ2n) is 4.56. The summed E-state index contributed by atoms with van der Waals surface area (Å²) in [6.07, 6.45) is 5.69. The van der Waals surface area contributed by atoms with Crippen molar-refractivity contribution < 1.29 is 5.11 Å². The lowest BCUT2D eigenvalue weighted by Gasteiger charge is -2.47. The van der Waals surface area contributed by atoms with E-state index in [1.807, 2.05) is 0 Å². The highest BCUT2D eigenvalue weighted by atomic mass is 16.2. The predicted molar refractivity (Wildman–Crippen MR) is 59.2 cm³/mol. The highest BCUT2D eigenvalue weighted by molar-refractivity contribution is 4.98. The van der Waals surface area contributed by atoms with Crippen molar-refractivity contribution in [2.24, 2.45) is 5.73 Å². The van der Waals surface area contributed by atoms with Gasteiger partial charge in [0.1, 0.15) is 0 Å². The zero-order valence-electron chi connectivity index (χ0n) is 9.34. The van der Waals surface area contributed by atoms with E-state index in [0.29, 0.717) is 6.61 Å². The first-order chi connectivity index (χ1) is 6.70. The van der Waals surface area contributed by atoms with Gasteiger partial charge in [0.15, 0.2) is 0 Å². The van der Waals surface area contributed by atoms with Gasteiger partial charge in [0.25, 0.3) is 0 Å². The number of aliphatic hydroxyl groups is 1. The first-order valence-electron chi connectivity index (χ1n) is 5.82. The van der Waals surface area contributed by atoms with Crippen LogP contribution in [0.3, 0.4) is 0 Å². The van der Waals surface area contributed by atoms with E-state index >= 15 is 0 Å². The highest BCUT2D eigenvalue weighted by Gasteiger charge is 2.36. The monoisotopic (exact) mass is 200 g/mol. The maximum atomic E-state index is 8.61. The van der Waals surface area contributed by atoms with Gasteiger partial charge in [-0.2, -0.15) is 0 Å². The van der Waals surface area contributed by atoms with Crippen molar-refractivity contribution >= 4 is 0 Å². The van der Waals surface area contributed by atoms with Gasteiger partial charge in [-0.1, -0.05) is 19.8 Å². The molecule has 3 heteroatoms. The Balaban J connectivity index is 1.91. The average molecular weight is 200 g/mol. The zero-order chi connectivity index (χ0) is 10.4. The molecule has 3 N–H and O–H groups in total. The van der Waals surface area contributed by atoms with E-state index in [9.17, 15) is 0 Å². The SMILES string of the molecule is CCC1(N)CN(CCCCCCO)C1. The largest absolute Gasteiger partial charge is 0.396 e. The summed E-state index contributed by atoms with van der Waals surface area (Å²) in [7, 11) is 0. The van der Waals surface area contributed by atoms with Crippen molar-refractivity contribution in [2.45, 2.75) is 44.6 Å². The van der Waals surface area contributed by atoms with Gasteiger partial charge in [0.2, 0.25) is 0 Å². The van der Waals surface area contributed by atoms with Crippen LogP contribution in [0.2, 0.25) is 0 Å². The minimum atomic E-state index is 0.116. The summed E-state index contributed by atoms with van der Waals surface area (Å²) in [4.78, 5) is 2.43. The van der Waals surface area contributed by atoms with Crippen molar-refractivity contribution in [1.29, 1.82) is 0 Å². The number of unbranched alkanes of at least 4 members (excludes halogenated alkanes) is 3. The van der Waals surface area contributed by atoms with Crippen molar-refractivity contribution in [2.75, 3.05) is 26.2 Å². The third kappa shape index (κ3) is 3.56. The van der Waals surface area contributed by atoms with Crippen LogP contribution in [-0.4, -0.2) is 41.8 Å². The van der Waals surface area contributed by atoms with E-state index in [2.05, 4.69) is 11.8 Å². The second kappa shape index (κ2) is 5.69. The molecule has 0 unspecified atom stereocenters. The van der Waals surface area contributed by atoms with E-state index < -0.39 is 0 Å². The normalized spacial score (nSPS) is 20.8. The van der Waals surface area contributed by atoms with Crippen LogP contribution in [0, 0.1) is 0 Å². The summed E-state index contributed by atoms with van der Waals surface area (Å²) in [5.74, 6) is 0. The van der Waals surface area contributed by atoms with Gasteiger partial charge in [0.05, 0.1) is 0 Å². The molecule has 1 rings (SSSR count). The van der Waals surface area contributed by atoms with Gasteiger partial charge in [-0.05, 0) is 25.8 Å². The first-order valence-corrected chi connectivity index (χ1v) is 5.82. The third-order valence-corrected chi connectivity index (χ3v) is 3.16. The lowest BCUT2D eigenvalue weighted by atomic mass is 9.88. The number of likely N-dealkylation sites (tertiary alicyclic amines) is 1. The first kappa shape index (κ1) is 12.0. The number of nitrogens with zero attached hydrogens (tertiary/aromatic N) is 1. The molecule has 0 aromatic rings. The molecule has 0 aliphatic carbocycles. The van der Waals surface area contributed by atoms with Gasteiger partial charge in [-0.25, -0.2) is 0 Å². The molecule has 0 aromatic heterocycles. The van der Waals surface area contributed by atoms with E-state index in [1.165, 1.54) is 19.4 Å². The summed E-state index contributed by atoms with van der Waals surface area (Å²) < 4.78 is 0. The molecule has 1 aliphatic heterocycles. The van der Waals surface area contributed by atoms with Crippen molar-refractivity contribution in [3.05, 3.63) is 0 Å². The van der Waals surface area contributed by atoms with Crippen molar-refractivity contribution in [1.82, 2.24) is 4.90 Å². The van der Waals surface area contributed by atoms with Crippen LogP contribution in [0.4, 0.5) is 0 Å². The molecule has 0 saturated carbocycles. The van der Waals surface area contributed by atoms with Crippen LogP contribution in [0.15, 0.2) is 0 Å². The summed E-state index contributed by atoms with van der Waals surface area (Å²) in [5.41, 5.74) is 6.19. The summed E-state index contributed by atoms with van der Waals surface area (Å²) in [6.45, 7) is 5.83. The van der Waals surface area contributed by atoms with Gasteiger partial charge in [0, 0.05) is 25.2 Å². The quantitative estimate of drug-likeness (QED) is 0.602. The molecular formula is C11H24N2O. The maximum Gasteiger partial charge on any atom is 0.0431 e. The standard InChI is InChI=1S/C11H24N2O/c1-2-11(12)9-13(10-11)7-5-3-4-6-8-14/h14H,2-10,12H2,1H3. The Morgan fingerprint density at radius 1 is 1.21 bits per heavy atom. The van der Waals surface area contributed by atoms with Crippen LogP contribution >= 0.6 is 0 Å². The third-order valence-electron chi connectivity index (χ3n) is 3.16. The zero-order valence-corrected chi connectivity index (χ0v) is 9.34. The Morgan fingerprint density at radius 2 is 1.86 bits per heavy atom. The van der Waals surface area contributed by atoms with Crippen LogP contribution in [-0.2, 0) is 0 Å². The van der Waals surface area contributed by atoms with Crippen LogP contribution < -0.4 is 5.73 Å². The van der Waals surface area contributed by atoms with E-state index in [-0.39, 0.29) is 5.54 Å². The Morgan fingerprint density at radius 3 is 2.43 bits per heavy atom. The molecule has 3 nitrogen and oxygen atoms in total. The molecule has 14 heavy (non-hydrogen) atoms. The molecule has 1 fully saturated rings. The molecule has 1 aliphatic rings. The molecule has 1 heterocycles. The number of hydrogen-bond donors (Lipinski definition) is 2. The summed E-state index contributed by atoms with van der Waals surface area (Å²) in [6, 6.07) is 0. The summed E-state index contributed by atoms with van der Waals surface area (Å²) >= 11 is 0. The number of hydrogen-bond acceptors (Lipinski definition) is 3. The topological polar surface area (TPSA) is 49.5 Å². The number of aliphatic hydroxyl groups excluding tert-OH is 1. The molecule has 0 amide bonds. The average Bonchev–Trinajstić information content (AvgIpc) is 2.14. The molecule has 1 saturated heterocycles. The van der Waals surface area contributed by atoms with Gasteiger partial charge in [-0.3, -0.25) is 4.90 Å². The fourth-order valence-electron chi connectivity index (χ4n) is 2.03. The Kier molecular flexibility index (Phi) is 4.85. The smallest absolute Gasteiger partial charge is 0.0431 e. The fraction of sp³-hybridized carbons (Fsp3) is 1.00. The Labute approximate surface area is 87.3 Å². The number of nitrogens with two attached hydrogens (primary N) is 1. The minimum Gasteiger partial charge on any atom is -0.396 e. The minimum absolute atomic E-state index is 0.116. The number of rotatable bonds is 7. The lowest BCUT2D eigenvalue weighted by Crippen LogP contribution is -2.66. The van der Waals surface area contributed by atoms with Gasteiger partial charge >= 0.3 is 0 Å².